The van der Waals surface area contributed by atoms with Gasteiger partial charge in [0.15, 0.2) is 5.69 Å². The van der Waals surface area contributed by atoms with E-state index in [0.717, 1.165) is 6.07 Å². The molecule has 0 aliphatic heterocycles. The summed E-state index contributed by atoms with van der Waals surface area (Å²) in [6.07, 6.45) is -3.05. The van der Waals surface area contributed by atoms with Crippen molar-refractivity contribution < 1.29 is 17.4 Å². The fourth-order valence-corrected chi connectivity index (χ4v) is 2.92. The van der Waals surface area contributed by atoms with Gasteiger partial charge in [0, 0.05) is 53.7 Å². The summed E-state index contributed by atoms with van der Waals surface area (Å²) >= 11 is 6.05. The monoisotopic (exact) mass is 392 g/mol. The molecule has 0 saturated carbocycles. The van der Waals surface area contributed by atoms with Gasteiger partial charge in [0.05, 0.1) is 0 Å². The van der Waals surface area contributed by atoms with Gasteiger partial charge in [-0.05, 0) is 23.8 Å². The lowest BCUT2D eigenvalue weighted by atomic mass is 10.2. The molecular weight excluding hydrogens is 377 g/mol. The van der Waals surface area contributed by atoms with E-state index >= 15 is 0 Å². The number of hydrogen-bond donors (Lipinski definition) is 1. The predicted molar refractivity (Wildman–Crippen MR) is 93.9 cm³/mol. The van der Waals surface area contributed by atoms with Gasteiger partial charge in [-0.15, -0.1) is 0 Å². The lowest BCUT2D eigenvalue weighted by Gasteiger charge is -2.16. The summed E-state index contributed by atoms with van der Waals surface area (Å²) in [4.78, 5) is 9.05. The van der Waals surface area contributed by atoms with Crippen LogP contribution < -0.4 is 10.2 Å². The number of rotatable bonds is 5. The first kappa shape index (κ1) is 19.5. The topological polar surface area (TPSA) is 58.1 Å². The molecule has 1 aromatic heterocycles. The summed E-state index contributed by atoms with van der Waals surface area (Å²) in [6.45, 7) is 0. The second-order valence-electron chi connectivity index (χ2n) is 5.48. The maximum absolute atomic E-state index is 13.0. The molecule has 0 fully saturated rings. The molecule has 1 N–H and O–H groups in total. The largest absolute Gasteiger partial charge is 0.433 e. The number of nitrogens with one attached hydrogen (secondary N) is 1. The van der Waals surface area contributed by atoms with Crippen LogP contribution in [0.4, 0.5) is 30.6 Å². The van der Waals surface area contributed by atoms with Gasteiger partial charge in [0.2, 0.25) is 5.95 Å². The van der Waals surface area contributed by atoms with E-state index < -0.39 is 22.7 Å². The van der Waals surface area contributed by atoms with Gasteiger partial charge >= 0.3 is 6.18 Å². The van der Waals surface area contributed by atoms with Gasteiger partial charge < -0.3 is 10.2 Å². The summed E-state index contributed by atoms with van der Waals surface area (Å²) in [7, 11) is 2.07. The SMILES string of the molecule is CN(C)c1cc(C(F)(F)F)nc(Nc2ccc(Cl)c(CS(C)=O)c2)n1. The molecule has 25 heavy (non-hydrogen) atoms. The first-order valence-electron chi connectivity index (χ1n) is 7.05. The van der Waals surface area contributed by atoms with Crippen molar-refractivity contribution in [2.75, 3.05) is 30.6 Å². The third-order valence-corrected chi connectivity index (χ3v) is 4.21. The Kier molecular flexibility index (Phi) is 5.89. The molecule has 0 radical (unpaired) electrons. The number of nitrogens with zero attached hydrogens (tertiary/aromatic N) is 3. The van der Waals surface area contributed by atoms with E-state index in [1.165, 1.54) is 11.2 Å². The molecule has 0 aliphatic carbocycles. The summed E-state index contributed by atoms with van der Waals surface area (Å²) in [6, 6.07) is 5.65. The minimum Gasteiger partial charge on any atom is -0.363 e. The Bertz CT molecular complexity index is 799. The van der Waals surface area contributed by atoms with Crippen LogP contribution in [0.15, 0.2) is 24.3 Å². The van der Waals surface area contributed by atoms with Gasteiger partial charge in [0.1, 0.15) is 5.82 Å². The van der Waals surface area contributed by atoms with Crippen molar-refractivity contribution in [1.82, 2.24) is 9.97 Å². The highest BCUT2D eigenvalue weighted by molar-refractivity contribution is 7.83. The highest BCUT2D eigenvalue weighted by atomic mass is 35.5. The number of halogens is 4. The summed E-state index contributed by atoms with van der Waals surface area (Å²) in [5.74, 6) is 0.166. The van der Waals surface area contributed by atoms with Gasteiger partial charge in [0.25, 0.3) is 0 Å². The van der Waals surface area contributed by atoms with Crippen LogP contribution in [0.5, 0.6) is 0 Å². The molecule has 1 heterocycles. The molecule has 10 heteroatoms. The van der Waals surface area contributed by atoms with E-state index in [9.17, 15) is 17.4 Å². The van der Waals surface area contributed by atoms with Crippen LogP contribution in [0, 0.1) is 0 Å². The number of anilines is 3. The molecule has 0 saturated heterocycles. The van der Waals surface area contributed by atoms with Crippen LogP contribution in [0.3, 0.4) is 0 Å². The van der Waals surface area contributed by atoms with Crippen molar-refractivity contribution >= 4 is 39.9 Å². The Hall–Kier alpha value is -1.87. The Morgan fingerprint density at radius 1 is 1.24 bits per heavy atom. The van der Waals surface area contributed by atoms with Crippen molar-refractivity contribution in [2.45, 2.75) is 11.9 Å². The highest BCUT2D eigenvalue weighted by Gasteiger charge is 2.34. The van der Waals surface area contributed by atoms with E-state index in [4.69, 9.17) is 11.6 Å². The van der Waals surface area contributed by atoms with Crippen LogP contribution >= 0.6 is 11.6 Å². The molecule has 1 unspecified atom stereocenters. The zero-order valence-corrected chi connectivity index (χ0v) is 15.3. The maximum Gasteiger partial charge on any atom is 0.433 e. The Morgan fingerprint density at radius 2 is 1.92 bits per heavy atom. The average Bonchev–Trinajstić information content (AvgIpc) is 2.49. The Balaban J connectivity index is 2.39. The molecule has 2 aromatic rings. The lowest BCUT2D eigenvalue weighted by molar-refractivity contribution is -0.141. The predicted octanol–water partition coefficient (Wildman–Crippen LogP) is 3.84. The summed E-state index contributed by atoms with van der Waals surface area (Å²) in [5, 5.41) is 3.18. The Labute approximate surface area is 150 Å². The molecule has 5 nitrogen and oxygen atoms in total. The van der Waals surface area contributed by atoms with Crippen molar-refractivity contribution in [3.63, 3.8) is 0 Å². The van der Waals surface area contributed by atoms with Crippen LogP contribution in [0.2, 0.25) is 5.02 Å². The van der Waals surface area contributed by atoms with Crippen molar-refractivity contribution in [2.24, 2.45) is 0 Å². The first-order chi connectivity index (χ1) is 11.6. The molecule has 0 spiro atoms. The second-order valence-corrected chi connectivity index (χ2v) is 7.32. The Morgan fingerprint density at radius 3 is 2.48 bits per heavy atom. The van der Waals surface area contributed by atoms with Crippen molar-refractivity contribution in [3.05, 3.63) is 40.5 Å². The molecule has 0 aliphatic rings. The first-order valence-corrected chi connectivity index (χ1v) is 9.16. The smallest absolute Gasteiger partial charge is 0.363 e. The average molecular weight is 393 g/mol. The third-order valence-electron chi connectivity index (χ3n) is 3.12. The second kappa shape index (κ2) is 7.57. The molecule has 1 aromatic carbocycles. The number of hydrogen-bond acceptors (Lipinski definition) is 5. The molecule has 0 bridgehead atoms. The lowest BCUT2D eigenvalue weighted by Crippen LogP contribution is -2.16. The van der Waals surface area contributed by atoms with E-state index in [-0.39, 0.29) is 17.5 Å². The van der Waals surface area contributed by atoms with Gasteiger partial charge in [-0.3, -0.25) is 4.21 Å². The fraction of sp³-hybridized carbons (Fsp3) is 0.333. The van der Waals surface area contributed by atoms with Crippen LogP contribution in [-0.4, -0.2) is 34.5 Å². The van der Waals surface area contributed by atoms with E-state index in [1.54, 1.807) is 32.3 Å². The minimum atomic E-state index is -4.59. The van der Waals surface area contributed by atoms with Gasteiger partial charge in [-0.1, -0.05) is 11.6 Å². The number of benzene rings is 1. The quantitative estimate of drug-likeness (QED) is 0.837. The van der Waals surface area contributed by atoms with E-state index in [0.29, 0.717) is 16.3 Å². The third kappa shape index (κ3) is 5.30. The summed E-state index contributed by atoms with van der Waals surface area (Å²) in [5.41, 5.74) is 0.0266. The van der Waals surface area contributed by atoms with Crippen LogP contribution in [-0.2, 0) is 22.7 Å². The molecular formula is C15H16ClF3N4OS. The molecule has 0 amide bonds. The fourth-order valence-electron chi connectivity index (χ4n) is 1.98. The minimum absolute atomic E-state index is 0.119. The summed E-state index contributed by atoms with van der Waals surface area (Å²) < 4.78 is 50.5. The zero-order chi connectivity index (χ0) is 18.8. The molecule has 2 rings (SSSR count). The zero-order valence-electron chi connectivity index (χ0n) is 13.7. The maximum atomic E-state index is 13.0. The van der Waals surface area contributed by atoms with Crippen molar-refractivity contribution in [3.8, 4) is 0 Å². The normalized spacial score (nSPS) is 12.8. The van der Waals surface area contributed by atoms with Crippen molar-refractivity contribution in [1.29, 1.82) is 0 Å². The van der Waals surface area contributed by atoms with E-state index in [1.807, 2.05) is 0 Å². The highest BCUT2D eigenvalue weighted by Crippen LogP contribution is 2.31. The number of alkyl halides is 3. The standard InChI is InChI=1S/C15H16ClF3N4OS/c1-23(2)13-7-12(15(17,18)19)21-14(22-13)20-10-4-5-11(16)9(6-10)8-25(3)24/h4-7H,8H2,1-3H3,(H,20,21,22). The van der Waals surface area contributed by atoms with Gasteiger partial charge in [-0.2, -0.15) is 18.2 Å². The van der Waals surface area contributed by atoms with Gasteiger partial charge in [-0.25, -0.2) is 4.98 Å². The van der Waals surface area contributed by atoms with Crippen LogP contribution in [0.25, 0.3) is 0 Å². The van der Waals surface area contributed by atoms with Crippen LogP contribution in [0.1, 0.15) is 11.3 Å². The number of aromatic nitrogens is 2. The van der Waals surface area contributed by atoms with E-state index in [2.05, 4.69) is 15.3 Å². The molecule has 136 valence electrons. The molecule has 1 atom stereocenters.